The van der Waals surface area contributed by atoms with E-state index in [1.165, 1.54) is 0 Å². The third-order valence-corrected chi connectivity index (χ3v) is 5.23. The Morgan fingerprint density at radius 2 is 1.64 bits per heavy atom. The Morgan fingerprint density at radius 3 is 2.18 bits per heavy atom. The van der Waals surface area contributed by atoms with Crippen molar-refractivity contribution in [3.05, 3.63) is 50.7 Å². The molecule has 0 radical (unpaired) electrons. The van der Waals surface area contributed by atoms with Gasteiger partial charge in [0.15, 0.2) is 0 Å². The summed E-state index contributed by atoms with van der Waals surface area (Å²) < 4.78 is 5.09. The number of ether oxygens (including phenoxy) is 1. The Balaban J connectivity index is 2.03. The highest BCUT2D eigenvalue weighted by Gasteiger charge is 2.27. The summed E-state index contributed by atoms with van der Waals surface area (Å²) in [5.74, 6) is -0.341. The topological polar surface area (TPSA) is 63.6 Å². The summed E-state index contributed by atoms with van der Waals surface area (Å²) in [4.78, 5) is 25.0. The van der Waals surface area contributed by atoms with Crippen molar-refractivity contribution >= 4 is 23.1 Å². The Kier molecular flexibility index (Phi) is 3.98. The van der Waals surface area contributed by atoms with E-state index in [2.05, 4.69) is 0 Å². The first-order valence-corrected chi connectivity index (χ1v) is 8.00. The van der Waals surface area contributed by atoms with Gasteiger partial charge >= 0.3 is 5.97 Å². The number of thiophene rings is 1. The first kappa shape index (κ1) is 14.8. The normalized spacial score (nSPS) is 13.5. The lowest BCUT2D eigenvalue weighted by molar-refractivity contribution is 0.0700. The molecule has 0 saturated carbocycles. The molecule has 1 aliphatic rings. The van der Waals surface area contributed by atoms with Gasteiger partial charge in [-0.05, 0) is 61.1 Å². The van der Waals surface area contributed by atoms with E-state index in [0.717, 1.165) is 48.1 Å². The molecule has 0 spiro atoms. The molecule has 1 N–H and O–H groups in total. The third-order valence-electron chi connectivity index (χ3n) is 3.97. The van der Waals surface area contributed by atoms with Gasteiger partial charge in [0.1, 0.15) is 10.6 Å². The van der Waals surface area contributed by atoms with Gasteiger partial charge in [0.25, 0.3) is 0 Å². The Hall–Kier alpha value is -2.14. The Bertz CT molecular complexity index is 728. The van der Waals surface area contributed by atoms with E-state index >= 15 is 0 Å². The largest absolute Gasteiger partial charge is 0.497 e. The molecule has 1 aliphatic carbocycles. The maximum Gasteiger partial charge on any atom is 0.346 e. The summed E-state index contributed by atoms with van der Waals surface area (Å²) in [6, 6.07) is 6.92. The molecule has 1 aromatic carbocycles. The molecule has 0 aliphatic heterocycles. The fourth-order valence-electron chi connectivity index (χ4n) is 2.86. The quantitative estimate of drug-likeness (QED) is 0.876. The fraction of sp³-hybridized carbons (Fsp3) is 0.294. The summed E-state index contributed by atoms with van der Waals surface area (Å²) in [5.41, 5.74) is 2.36. The average Bonchev–Trinajstić information content (AvgIpc) is 2.94. The predicted octanol–water partition coefficient (Wildman–Crippen LogP) is 3.56. The zero-order valence-corrected chi connectivity index (χ0v) is 13.0. The molecular formula is C17H16O4S. The lowest BCUT2D eigenvalue weighted by Gasteiger charge is -2.13. The molecule has 0 unspecified atom stereocenters. The van der Waals surface area contributed by atoms with Crippen molar-refractivity contribution in [2.45, 2.75) is 25.7 Å². The van der Waals surface area contributed by atoms with Crippen LogP contribution in [0.4, 0.5) is 0 Å². The van der Waals surface area contributed by atoms with Crippen LogP contribution < -0.4 is 4.74 Å². The van der Waals surface area contributed by atoms with E-state index in [9.17, 15) is 14.7 Å². The first-order valence-electron chi connectivity index (χ1n) is 7.18. The van der Waals surface area contributed by atoms with Gasteiger partial charge in [0.05, 0.1) is 12.0 Å². The van der Waals surface area contributed by atoms with Crippen LogP contribution in [-0.4, -0.2) is 24.0 Å². The number of fused-ring (bicyclic) bond motifs is 1. The van der Waals surface area contributed by atoms with E-state index in [4.69, 9.17) is 4.74 Å². The number of methoxy groups -OCH3 is 1. The minimum atomic E-state index is -0.933. The van der Waals surface area contributed by atoms with E-state index in [1.54, 1.807) is 31.4 Å². The van der Waals surface area contributed by atoms with Crippen molar-refractivity contribution < 1.29 is 19.4 Å². The molecule has 22 heavy (non-hydrogen) atoms. The summed E-state index contributed by atoms with van der Waals surface area (Å²) in [6.45, 7) is 0. The van der Waals surface area contributed by atoms with Crippen LogP contribution in [0.2, 0.25) is 0 Å². The monoisotopic (exact) mass is 316 g/mol. The maximum atomic E-state index is 12.7. The molecule has 4 nitrogen and oxygen atoms in total. The van der Waals surface area contributed by atoms with Gasteiger partial charge < -0.3 is 9.84 Å². The molecule has 2 aromatic rings. The molecule has 0 fully saturated rings. The van der Waals surface area contributed by atoms with Gasteiger partial charge in [0, 0.05) is 5.56 Å². The molecule has 0 atom stereocenters. The summed E-state index contributed by atoms with van der Waals surface area (Å²) in [7, 11) is 1.58. The minimum absolute atomic E-state index is 0.0988. The van der Waals surface area contributed by atoms with Gasteiger partial charge in [-0.15, -0.1) is 11.3 Å². The smallest absolute Gasteiger partial charge is 0.346 e. The van der Waals surface area contributed by atoms with Crippen molar-refractivity contribution in [2.24, 2.45) is 0 Å². The fourth-order valence-corrected chi connectivity index (χ4v) is 4.06. The Labute approximate surface area is 132 Å². The van der Waals surface area contributed by atoms with Crippen LogP contribution >= 0.6 is 11.3 Å². The number of hydrogen-bond acceptors (Lipinski definition) is 4. The molecule has 1 aromatic heterocycles. The molecule has 0 saturated heterocycles. The van der Waals surface area contributed by atoms with E-state index in [-0.39, 0.29) is 5.78 Å². The van der Waals surface area contributed by atoms with Crippen molar-refractivity contribution in [1.29, 1.82) is 0 Å². The lowest BCUT2D eigenvalue weighted by Crippen LogP contribution is -2.08. The summed E-state index contributed by atoms with van der Waals surface area (Å²) >= 11 is 1.12. The molecule has 5 heteroatoms. The number of aromatic carboxylic acids is 1. The SMILES string of the molecule is COc1ccc(C(=O)c2sc(C(=O)O)c3c2CCCC3)cc1. The highest BCUT2D eigenvalue weighted by Crippen LogP contribution is 2.36. The number of hydrogen-bond donors (Lipinski definition) is 1. The van der Waals surface area contributed by atoms with Crippen LogP contribution in [0.15, 0.2) is 24.3 Å². The second-order valence-corrected chi connectivity index (χ2v) is 6.31. The number of rotatable bonds is 4. The number of benzene rings is 1. The van der Waals surface area contributed by atoms with E-state index < -0.39 is 5.97 Å². The van der Waals surface area contributed by atoms with Crippen LogP contribution in [0.1, 0.15) is 48.9 Å². The zero-order valence-electron chi connectivity index (χ0n) is 12.2. The maximum absolute atomic E-state index is 12.7. The van der Waals surface area contributed by atoms with Crippen LogP contribution in [0, 0.1) is 0 Å². The molecule has 114 valence electrons. The van der Waals surface area contributed by atoms with Crippen molar-refractivity contribution in [3.63, 3.8) is 0 Å². The summed E-state index contributed by atoms with van der Waals surface area (Å²) in [6.07, 6.45) is 3.53. The number of carbonyl (C=O) groups excluding carboxylic acids is 1. The van der Waals surface area contributed by atoms with Gasteiger partial charge in [-0.2, -0.15) is 0 Å². The molecule has 0 amide bonds. The standard InChI is InChI=1S/C17H16O4S/c1-21-11-8-6-10(7-9-11)14(18)15-12-4-2-3-5-13(12)16(22-15)17(19)20/h6-9H,2-5H2,1H3,(H,19,20). The second kappa shape index (κ2) is 5.93. The van der Waals surface area contributed by atoms with Gasteiger partial charge in [-0.1, -0.05) is 0 Å². The number of carboxylic acid groups (broad SMARTS) is 1. The number of ketones is 1. The Morgan fingerprint density at radius 1 is 1.05 bits per heavy atom. The van der Waals surface area contributed by atoms with Crippen molar-refractivity contribution in [2.75, 3.05) is 7.11 Å². The summed E-state index contributed by atoms with van der Waals surface area (Å²) in [5, 5.41) is 9.36. The third kappa shape index (κ3) is 2.52. The molecule has 3 rings (SSSR count). The molecular weight excluding hydrogens is 300 g/mol. The zero-order chi connectivity index (χ0) is 15.7. The predicted molar refractivity (Wildman–Crippen MR) is 84.3 cm³/mol. The lowest BCUT2D eigenvalue weighted by atomic mass is 9.90. The molecule has 0 bridgehead atoms. The number of carbonyl (C=O) groups is 2. The van der Waals surface area contributed by atoms with Gasteiger partial charge in [0.2, 0.25) is 5.78 Å². The van der Waals surface area contributed by atoms with Crippen molar-refractivity contribution in [1.82, 2.24) is 0 Å². The molecule has 1 heterocycles. The highest BCUT2D eigenvalue weighted by molar-refractivity contribution is 7.16. The first-order chi connectivity index (χ1) is 10.6. The van der Waals surface area contributed by atoms with Crippen LogP contribution in [-0.2, 0) is 12.8 Å². The second-order valence-electron chi connectivity index (χ2n) is 5.29. The van der Waals surface area contributed by atoms with Gasteiger partial charge in [-0.3, -0.25) is 4.79 Å². The van der Waals surface area contributed by atoms with Crippen LogP contribution in [0.25, 0.3) is 0 Å². The average molecular weight is 316 g/mol. The van der Waals surface area contributed by atoms with Crippen LogP contribution in [0.3, 0.4) is 0 Å². The van der Waals surface area contributed by atoms with E-state index in [1.807, 2.05) is 0 Å². The van der Waals surface area contributed by atoms with E-state index in [0.29, 0.717) is 21.1 Å². The minimum Gasteiger partial charge on any atom is -0.497 e. The van der Waals surface area contributed by atoms with Crippen molar-refractivity contribution in [3.8, 4) is 5.75 Å². The van der Waals surface area contributed by atoms with Crippen LogP contribution in [0.5, 0.6) is 5.75 Å². The highest BCUT2D eigenvalue weighted by atomic mass is 32.1. The van der Waals surface area contributed by atoms with Gasteiger partial charge in [-0.25, -0.2) is 4.79 Å². The number of carboxylic acids is 1.